The molecule has 0 saturated heterocycles. The minimum atomic E-state index is -2.07. The monoisotopic (exact) mass is 1940 g/mol. The van der Waals surface area contributed by atoms with Gasteiger partial charge in [0.2, 0.25) is 0 Å². The Balaban J connectivity index is 0.000000127. The van der Waals surface area contributed by atoms with E-state index in [1.165, 1.54) is 24.3 Å². The maximum Gasteiger partial charge on any atom is 0.306 e. The maximum atomic E-state index is 17.2. The van der Waals surface area contributed by atoms with Gasteiger partial charge in [-0.05, 0) is 292 Å². The van der Waals surface area contributed by atoms with E-state index >= 15 is 8.78 Å². The van der Waals surface area contributed by atoms with Crippen molar-refractivity contribution >= 4 is 69.6 Å². The predicted octanol–water partition coefficient (Wildman–Crippen LogP) is 15.7. The number of Topliss-reactive ketones (excluding diaryl/α,β-unsaturated/α-hetero) is 6. The molecule has 0 aliphatic heterocycles. The summed E-state index contributed by atoms with van der Waals surface area (Å²) in [6.07, 6.45) is 36.2. The lowest BCUT2D eigenvalue weighted by Gasteiger charge is -2.62. The number of unbranched alkanes of at least 4 members (excludes halogenated alkanes) is 1. The van der Waals surface area contributed by atoms with Gasteiger partial charge in [0.1, 0.15) is 42.9 Å². The number of ether oxygens (including phenoxy) is 1. The average molecular weight is 1940 g/mol. The highest BCUT2D eigenvalue weighted by Crippen LogP contribution is 2.77. The smallest absolute Gasteiger partial charge is 0.306 e. The Labute approximate surface area is 824 Å². The van der Waals surface area contributed by atoms with Crippen molar-refractivity contribution in [2.24, 2.45) is 160 Å². The molecule has 0 bridgehead atoms. The fourth-order valence-electron chi connectivity index (χ4n) is 36.5. The fraction of sp³-hybridized carbons (Fsp3) is 0.724. The minimum absolute atomic E-state index is 0.00723. The maximum absolute atomic E-state index is 17.2. The molecule has 9 N–H and O–H groups in total. The second-order valence-electron chi connectivity index (χ2n) is 49.7. The van der Waals surface area contributed by atoms with Gasteiger partial charge in [0.15, 0.2) is 69.2 Å². The third kappa shape index (κ3) is 14.8. The summed E-state index contributed by atoms with van der Waals surface area (Å²) in [4.78, 5) is 149. The lowest BCUT2D eigenvalue weighted by molar-refractivity contribution is -0.218. The molecule has 15 fully saturated rings. The Morgan fingerprint density at radius 2 is 0.864 bits per heavy atom. The Hall–Kier alpha value is -7.26. The van der Waals surface area contributed by atoms with E-state index in [1.54, 1.807) is 76.3 Å². The summed E-state index contributed by atoms with van der Waals surface area (Å²) in [6.45, 7) is 31.9. The van der Waals surface area contributed by atoms with E-state index in [9.17, 15) is 103 Å². The van der Waals surface area contributed by atoms with Crippen LogP contribution in [0.5, 0.6) is 0 Å². The number of esters is 1. The van der Waals surface area contributed by atoms with Crippen molar-refractivity contribution in [3.05, 3.63) is 119 Å². The summed E-state index contributed by atoms with van der Waals surface area (Å²) in [6, 6.07) is 0. The SMILES string of the molecule is CCC(=O)[C@@]1(O)CC[C@H]2[C@@H]3CCC4=CC(=O)C=C[C@]4(C)[C@H]3C(=O)C[C@@]21C.CCC(=O)[C@@]1(O)[C@H](C)C[C@H]2[C@@H]3CCC4=CC(=O)C=C[C@]4(C)[C@@]3(F)[C@@H](O)C[C@@]21C.CCCCC(=O)O[C@@H]1[C@@H](C)C[C@H]2[C@@H]3CCC4=CC(=O)C=C[C@]4(C)[C@@]3(F)[C@@H](O)C[C@]12C(=O)CO.C[C@H]1C[C@@H]2[C@H]([C@@H](O)C[C@@]3(C)[C@H]2CC[C@]3(C)C(=O)CO)[C@@]2(C)C=CC(=O)C=C12.C[C@]12C=CC(=O)C=C1CC[C@@H]1[C@@H]2[C@@H](O)C[C@@]2(C)[C@H]1CC[C@]2(C)C(=O)CO. The van der Waals surface area contributed by atoms with Crippen LogP contribution in [0.2, 0.25) is 0 Å². The van der Waals surface area contributed by atoms with E-state index in [2.05, 4.69) is 41.5 Å². The van der Waals surface area contributed by atoms with Gasteiger partial charge < -0.3 is 50.7 Å². The number of aliphatic hydroxyl groups is 9. The second kappa shape index (κ2) is 36.4. The summed E-state index contributed by atoms with van der Waals surface area (Å²) < 4.78 is 39.9. The molecule has 0 unspecified atom stereocenters. The number of halogens is 2. The third-order valence-corrected chi connectivity index (χ3v) is 44.3. The summed E-state index contributed by atoms with van der Waals surface area (Å²) in [7, 11) is 0. The van der Waals surface area contributed by atoms with E-state index in [4.69, 9.17) is 4.74 Å². The zero-order valence-corrected chi connectivity index (χ0v) is 85.6. The van der Waals surface area contributed by atoms with Gasteiger partial charge in [-0.25, -0.2) is 8.78 Å². The van der Waals surface area contributed by atoms with Crippen LogP contribution in [0.25, 0.3) is 0 Å². The molecular formula is C116H156F2O22. The van der Waals surface area contributed by atoms with Crippen molar-refractivity contribution in [2.45, 2.75) is 344 Å². The topological polar surface area (TPSA) is 396 Å². The van der Waals surface area contributed by atoms with Crippen molar-refractivity contribution in [1.29, 1.82) is 0 Å². The van der Waals surface area contributed by atoms with Crippen LogP contribution in [0.1, 0.15) is 291 Å². The van der Waals surface area contributed by atoms with Gasteiger partial charge >= 0.3 is 5.97 Å². The number of hydrogen-bond donors (Lipinski definition) is 9. The van der Waals surface area contributed by atoms with E-state index in [1.807, 2.05) is 66.7 Å². The van der Waals surface area contributed by atoms with Gasteiger partial charge in [0.25, 0.3) is 0 Å². The van der Waals surface area contributed by atoms with Crippen molar-refractivity contribution in [2.75, 3.05) is 19.8 Å². The molecule has 20 rings (SSSR count). The summed E-state index contributed by atoms with van der Waals surface area (Å²) in [5.74, 6) is -1.72. The number of hydrogen-bond acceptors (Lipinski definition) is 22. The first-order valence-electron chi connectivity index (χ1n) is 52.9. The number of rotatable bonds is 14. The molecule has 140 heavy (non-hydrogen) atoms. The average Bonchev–Trinajstić information content (AvgIpc) is 1.46. The number of aliphatic hydroxyl groups excluding tert-OH is 7. The standard InChI is InChI=1S/C26H35FO6.C23H31FO4.C23H32O4.C22H30O4.C22H28O4/c1-4-5-6-22(32)33-23-15(2)11-19-18-8-7-16-12-17(29)9-10-24(16,3)26(18,27)20(30)13-25(19,23)21(31)14-28;1-5-18(26)23(28)13(2)10-17-16-7-6-14-11-15(25)8-9-20(14,3)22(16,24)19(27)12-21(17,23)4;1-13-9-15-16-6-8-22(3,19(27)12-24)23(16,4)11-18(26)20(15)21(2)7-5-14(25)10-17(13)21;1-20-8-6-14(24)10-13(20)4-5-15-16-7-9-21(2,18(26)12-23)22(16,3)11-17(25)19(15)20;1-4-18(25)22(26)10-8-16-15-6-5-13-11-14(23)7-9-20(13,2)19(15)17(24)12-21(16,22)3/h9-10,12,15,18-20,23,28,30H,4-8,11,13-14H2,1-3H3;8-9,11,13,16-17,19,27-28H,5-7,10,12H2,1-4H3;5,7,10,13,15-16,18,20,24,26H,6,8-9,11-12H2,1-4H3;6,8,10,15-17,19,23,25H,4-5,7,9,11-12H2,1-3H3;7,9,11,15-16,19,26H,4-6,8,10,12H2,1-3H3/t15-,18-,19-,20-,23+,24-,25-,26-;13-,16+,17+,19+,20+,21+,22+,23+;13-,15-,16-,18-,20+,21-,22+,23-;15-,16-,17-,19+,20-,21+,22-;15-,16-,19+,20-,21-,22-/m01000/s1. The van der Waals surface area contributed by atoms with Gasteiger partial charge in [-0.15, -0.1) is 0 Å². The molecule has 0 spiro atoms. The molecule has 0 aromatic carbocycles. The first-order valence-corrected chi connectivity index (χ1v) is 52.9. The number of carbonyl (C=O) groups excluding carboxylic acids is 12. The van der Waals surface area contributed by atoms with E-state index in [0.29, 0.717) is 106 Å². The second-order valence-corrected chi connectivity index (χ2v) is 49.7. The molecule has 20 aliphatic carbocycles. The van der Waals surface area contributed by atoms with Gasteiger partial charge in [-0.3, -0.25) is 57.5 Å². The zero-order chi connectivity index (χ0) is 102. The van der Waals surface area contributed by atoms with Crippen LogP contribution in [0.4, 0.5) is 8.78 Å². The number of ketones is 11. The molecule has 0 radical (unpaired) electrons. The Bertz CT molecular complexity index is 5470. The Morgan fingerprint density at radius 1 is 0.429 bits per heavy atom. The summed E-state index contributed by atoms with van der Waals surface area (Å²) in [5.41, 5.74) is -9.80. The number of fused-ring (bicyclic) bond motifs is 25. The largest absolute Gasteiger partial charge is 0.461 e. The fourth-order valence-corrected chi connectivity index (χ4v) is 36.5. The molecule has 20 aliphatic rings. The van der Waals surface area contributed by atoms with Crippen molar-refractivity contribution < 1.29 is 117 Å². The lowest BCUT2D eigenvalue weighted by Crippen LogP contribution is -2.69. The summed E-state index contributed by atoms with van der Waals surface area (Å²) >= 11 is 0. The summed E-state index contributed by atoms with van der Waals surface area (Å²) in [5, 5.41) is 97.0. The number of alkyl halides is 2. The van der Waals surface area contributed by atoms with Gasteiger partial charge in [-0.1, -0.05) is 169 Å². The molecule has 0 amide bonds. The van der Waals surface area contributed by atoms with Crippen molar-refractivity contribution in [3.8, 4) is 0 Å². The van der Waals surface area contributed by atoms with Crippen LogP contribution in [0.15, 0.2) is 119 Å². The van der Waals surface area contributed by atoms with Crippen LogP contribution in [-0.4, -0.2) is 188 Å². The first-order chi connectivity index (χ1) is 65.4. The molecular weight excluding hydrogens is 1780 g/mol. The predicted molar refractivity (Wildman–Crippen MR) is 520 cm³/mol. The molecule has 22 nitrogen and oxygen atoms in total. The third-order valence-electron chi connectivity index (χ3n) is 44.3. The highest BCUT2D eigenvalue weighted by molar-refractivity contribution is 6.04. The van der Waals surface area contributed by atoms with Gasteiger partial charge in [0.05, 0.1) is 29.8 Å². The first kappa shape index (κ1) is 106. The van der Waals surface area contributed by atoms with Crippen LogP contribution in [-0.2, 0) is 62.3 Å². The van der Waals surface area contributed by atoms with E-state index in [-0.39, 0.29) is 159 Å². The lowest BCUT2D eigenvalue weighted by atomic mass is 9.43. The van der Waals surface area contributed by atoms with Crippen LogP contribution >= 0.6 is 0 Å². The van der Waals surface area contributed by atoms with E-state index < -0.39 is 146 Å². The van der Waals surface area contributed by atoms with Crippen LogP contribution in [0, 0.1) is 160 Å². The van der Waals surface area contributed by atoms with Gasteiger partial charge in [-0.2, -0.15) is 0 Å². The molecule has 766 valence electrons. The number of allylic oxidation sites excluding steroid dienone is 20. The molecule has 37 atom stereocenters. The van der Waals surface area contributed by atoms with Crippen LogP contribution < -0.4 is 0 Å². The van der Waals surface area contributed by atoms with Gasteiger partial charge in [0, 0.05) is 104 Å². The minimum Gasteiger partial charge on any atom is -0.461 e. The molecule has 0 heterocycles. The highest BCUT2D eigenvalue weighted by Gasteiger charge is 2.79. The van der Waals surface area contributed by atoms with Crippen molar-refractivity contribution in [3.63, 3.8) is 0 Å². The van der Waals surface area contributed by atoms with E-state index in [0.717, 1.165) is 92.9 Å². The molecule has 15 saturated carbocycles. The zero-order valence-electron chi connectivity index (χ0n) is 85.6. The van der Waals surface area contributed by atoms with Crippen molar-refractivity contribution in [1.82, 2.24) is 0 Å². The molecule has 0 aromatic heterocycles. The molecule has 24 heteroatoms. The normalized spacial score (nSPS) is 48.7. The Morgan fingerprint density at radius 3 is 1.38 bits per heavy atom. The molecule has 0 aromatic rings. The number of carbonyl (C=O) groups is 12. The van der Waals surface area contributed by atoms with Crippen LogP contribution in [0.3, 0.4) is 0 Å². The highest BCUT2D eigenvalue weighted by atomic mass is 19.1. The Kier molecular flexibility index (Phi) is 27.4. The quantitative estimate of drug-likeness (QED) is 0.0729.